The van der Waals surface area contributed by atoms with E-state index in [1.165, 1.54) is 4.90 Å². The topological polar surface area (TPSA) is 108 Å². The van der Waals surface area contributed by atoms with Gasteiger partial charge in [-0.15, -0.1) is 0 Å². The number of fused-ring (bicyclic) bond motifs is 3. The summed E-state index contributed by atoms with van der Waals surface area (Å²) < 4.78 is 12.4. The molecule has 7 rings (SSSR count). The SMILES string of the molecule is C/C(=C\c1ccc(O)cc1)CC[C@H]1OB(O)C[C@H]2C1=C(COc1ccccc1)C[C@H]1C(=O)N(c3ccc(Nc4ccccc4)cc3)C(=O)[C@H]12. The summed E-state index contributed by atoms with van der Waals surface area (Å²) >= 11 is 0. The van der Waals surface area contributed by atoms with E-state index < -0.39 is 25.1 Å². The third-order valence-electron chi connectivity index (χ3n) is 9.76. The fourth-order valence-electron chi connectivity index (χ4n) is 7.51. The molecule has 0 bridgehead atoms. The number of para-hydroxylation sites is 2. The molecule has 49 heavy (non-hydrogen) atoms. The van der Waals surface area contributed by atoms with E-state index in [4.69, 9.17) is 9.39 Å². The van der Waals surface area contributed by atoms with Crippen LogP contribution in [0.15, 0.2) is 126 Å². The standard InChI is InChI=1S/C40H39BN2O6/c1-26(22-27-13-19-32(44)20-14-27)12-21-36-37-28(25-48-33-10-6-3-7-11-33)23-34-38(35(37)24-41(47)49-36)40(46)43(39(34)45)31-17-15-30(16-18-31)42-29-8-4-2-5-9-29/h2-11,13-20,22,34-36,38,42,44,47H,12,21,23-25H2,1H3/b26-22+/t34-,35+,36-,38-/m1/s1. The molecule has 2 fully saturated rings. The van der Waals surface area contributed by atoms with Gasteiger partial charge in [0.25, 0.3) is 0 Å². The third-order valence-corrected chi connectivity index (χ3v) is 9.76. The predicted octanol–water partition coefficient (Wildman–Crippen LogP) is 7.40. The molecule has 2 heterocycles. The third kappa shape index (κ3) is 7.04. The van der Waals surface area contributed by atoms with E-state index in [1.807, 2.05) is 91.9 Å². The number of phenols is 1. The van der Waals surface area contributed by atoms with E-state index in [-0.39, 0.29) is 36.4 Å². The number of benzene rings is 4. The molecule has 0 unspecified atom stereocenters. The molecule has 0 aromatic heterocycles. The summed E-state index contributed by atoms with van der Waals surface area (Å²) in [6.45, 7) is 2.31. The highest BCUT2D eigenvalue weighted by atomic mass is 16.5. The number of imide groups is 1. The number of aromatic hydroxyl groups is 1. The molecule has 2 aliphatic heterocycles. The highest BCUT2D eigenvalue weighted by Crippen LogP contribution is 2.51. The smallest absolute Gasteiger partial charge is 0.455 e. The minimum absolute atomic E-state index is 0.216. The lowest BCUT2D eigenvalue weighted by molar-refractivity contribution is -0.122. The maximum absolute atomic E-state index is 14.3. The average Bonchev–Trinajstić information content (AvgIpc) is 3.37. The average molecular weight is 655 g/mol. The minimum atomic E-state index is -1.06. The Labute approximate surface area is 286 Å². The Kier molecular flexibility index (Phi) is 9.37. The van der Waals surface area contributed by atoms with Crippen LogP contribution >= 0.6 is 0 Å². The van der Waals surface area contributed by atoms with Gasteiger partial charge in [0.2, 0.25) is 11.8 Å². The summed E-state index contributed by atoms with van der Waals surface area (Å²) in [5.41, 5.74) is 6.35. The first-order valence-corrected chi connectivity index (χ1v) is 16.8. The highest BCUT2D eigenvalue weighted by Gasteiger charge is 2.57. The van der Waals surface area contributed by atoms with Gasteiger partial charge in [-0.3, -0.25) is 14.5 Å². The van der Waals surface area contributed by atoms with Crippen molar-refractivity contribution in [3.05, 3.63) is 131 Å². The van der Waals surface area contributed by atoms with Gasteiger partial charge in [-0.05, 0) is 116 Å². The normalized spacial score (nSPS) is 22.2. The summed E-state index contributed by atoms with van der Waals surface area (Å²) in [5.74, 6) is -1.03. The molecule has 1 aliphatic carbocycles. The van der Waals surface area contributed by atoms with Crippen molar-refractivity contribution < 1.29 is 29.1 Å². The molecular formula is C40H39BN2O6. The first kappa shape index (κ1) is 32.4. The van der Waals surface area contributed by atoms with Gasteiger partial charge < -0.3 is 24.8 Å². The highest BCUT2D eigenvalue weighted by molar-refractivity contribution is 6.43. The van der Waals surface area contributed by atoms with Gasteiger partial charge in [-0.1, -0.05) is 60.2 Å². The van der Waals surface area contributed by atoms with E-state index in [0.29, 0.717) is 24.9 Å². The molecule has 0 saturated carbocycles. The van der Waals surface area contributed by atoms with Gasteiger partial charge in [-0.2, -0.15) is 0 Å². The van der Waals surface area contributed by atoms with Crippen molar-refractivity contribution in [1.29, 1.82) is 0 Å². The molecule has 9 heteroatoms. The number of ether oxygens (including phenoxy) is 1. The fourth-order valence-corrected chi connectivity index (χ4v) is 7.51. The van der Waals surface area contributed by atoms with Crippen LogP contribution in [0.25, 0.3) is 6.08 Å². The molecule has 4 atom stereocenters. The number of nitrogens with zero attached hydrogens (tertiary/aromatic N) is 1. The summed E-state index contributed by atoms with van der Waals surface area (Å²) in [5, 5.41) is 24.0. The second-order valence-electron chi connectivity index (χ2n) is 13.1. The van der Waals surface area contributed by atoms with Gasteiger partial charge in [0, 0.05) is 11.4 Å². The lowest BCUT2D eigenvalue weighted by Crippen LogP contribution is -2.46. The first-order valence-electron chi connectivity index (χ1n) is 16.8. The lowest BCUT2D eigenvalue weighted by Gasteiger charge is -2.43. The van der Waals surface area contributed by atoms with E-state index in [2.05, 4.69) is 11.4 Å². The molecule has 4 aromatic carbocycles. The number of rotatable bonds is 10. The van der Waals surface area contributed by atoms with Crippen molar-refractivity contribution in [1.82, 2.24) is 0 Å². The second-order valence-corrected chi connectivity index (χ2v) is 13.1. The molecule has 2 amide bonds. The van der Waals surface area contributed by atoms with Crippen LogP contribution < -0.4 is 15.0 Å². The number of amides is 2. The molecule has 3 aliphatic rings. The van der Waals surface area contributed by atoms with Crippen LogP contribution in [-0.2, 0) is 14.2 Å². The van der Waals surface area contributed by atoms with Gasteiger partial charge in [0.05, 0.1) is 23.6 Å². The Balaban J connectivity index is 1.16. The predicted molar refractivity (Wildman–Crippen MR) is 191 cm³/mol. The van der Waals surface area contributed by atoms with Crippen LogP contribution in [0.5, 0.6) is 11.5 Å². The molecule has 0 radical (unpaired) electrons. The lowest BCUT2D eigenvalue weighted by atomic mass is 9.58. The maximum Gasteiger partial charge on any atom is 0.455 e. The molecule has 4 aromatic rings. The molecule has 0 spiro atoms. The van der Waals surface area contributed by atoms with E-state index >= 15 is 0 Å². The van der Waals surface area contributed by atoms with Crippen LogP contribution in [0.2, 0.25) is 6.32 Å². The number of anilines is 3. The molecule has 248 valence electrons. The zero-order valence-corrected chi connectivity index (χ0v) is 27.4. The number of nitrogens with one attached hydrogen (secondary N) is 1. The van der Waals surface area contributed by atoms with Gasteiger partial charge in [-0.25, -0.2) is 0 Å². The molecule has 3 N–H and O–H groups in total. The quantitative estimate of drug-likeness (QED) is 0.0930. The van der Waals surface area contributed by atoms with Crippen molar-refractivity contribution >= 4 is 42.1 Å². The van der Waals surface area contributed by atoms with Crippen molar-refractivity contribution in [3.63, 3.8) is 0 Å². The Morgan fingerprint density at radius 1 is 0.898 bits per heavy atom. The van der Waals surface area contributed by atoms with Gasteiger partial charge >= 0.3 is 7.12 Å². The zero-order valence-electron chi connectivity index (χ0n) is 27.4. The Morgan fingerprint density at radius 3 is 2.29 bits per heavy atom. The van der Waals surface area contributed by atoms with Gasteiger partial charge in [0.15, 0.2) is 0 Å². The summed E-state index contributed by atoms with van der Waals surface area (Å²) in [6.07, 6.45) is 3.54. The number of hydrogen-bond donors (Lipinski definition) is 3. The van der Waals surface area contributed by atoms with Crippen LogP contribution in [0, 0.1) is 17.8 Å². The van der Waals surface area contributed by atoms with Crippen molar-refractivity contribution in [2.24, 2.45) is 17.8 Å². The van der Waals surface area contributed by atoms with E-state index in [0.717, 1.165) is 39.4 Å². The molecule has 2 saturated heterocycles. The zero-order chi connectivity index (χ0) is 33.9. The summed E-state index contributed by atoms with van der Waals surface area (Å²) in [7, 11) is -1.06. The van der Waals surface area contributed by atoms with Crippen molar-refractivity contribution in [2.45, 2.75) is 38.6 Å². The Hall–Kier alpha value is -5.12. The summed E-state index contributed by atoms with van der Waals surface area (Å²) in [4.78, 5) is 29.7. The molecule has 8 nitrogen and oxygen atoms in total. The molecular weight excluding hydrogens is 615 g/mol. The number of phenolic OH excluding ortho intramolecular Hbond substituents is 1. The van der Waals surface area contributed by atoms with Crippen molar-refractivity contribution in [3.8, 4) is 11.5 Å². The fraction of sp³-hybridized carbons (Fsp3) is 0.250. The van der Waals surface area contributed by atoms with Crippen molar-refractivity contribution in [2.75, 3.05) is 16.8 Å². The monoisotopic (exact) mass is 654 g/mol. The largest absolute Gasteiger partial charge is 0.508 e. The van der Waals surface area contributed by atoms with Crippen LogP contribution in [0.1, 0.15) is 31.7 Å². The van der Waals surface area contributed by atoms with E-state index in [9.17, 15) is 19.7 Å². The van der Waals surface area contributed by atoms with Crippen LogP contribution in [0.4, 0.5) is 17.1 Å². The second kappa shape index (κ2) is 14.2. The number of allylic oxidation sites excluding steroid dienone is 1. The summed E-state index contributed by atoms with van der Waals surface area (Å²) in [6, 6.07) is 33.7. The Bertz CT molecular complexity index is 1860. The maximum atomic E-state index is 14.3. The number of carbonyl (C=O) groups is 2. The Morgan fingerprint density at radius 2 is 1.57 bits per heavy atom. The van der Waals surface area contributed by atoms with Crippen LogP contribution in [-0.4, -0.2) is 41.8 Å². The van der Waals surface area contributed by atoms with Gasteiger partial charge in [0.1, 0.15) is 18.1 Å². The van der Waals surface area contributed by atoms with E-state index in [1.54, 1.807) is 24.3 Å². The van der Waals surface area contributed by atoms with Crippen LogP contribution in [0.3, 0.4) is 0 Å². The number of carbonyl (C=O) groups excluding carboxylic acids is 2. The first-order chi connectivity index (χ1) is 23.8. The number of hydrogen-bond acceptors (Lipinski definition) is 7. The minimum Gasteiger partial charge on any atom is -0.508 e.